The Hall–Kier alpha value is -1.85. The molecule has 2 bridgehead atoms. The van der Waals surface area contributed by atoms with Gasteiger partial charge in [-0.05, 0) is 19.3 Å². The first-order chi connectivity index (χ1) is 10.8. The lowest BCUT2D eigenvalue weighted by atomic mass is 9.89. The smallest absolute Gasteiger partial charge is 0.308 e. The van der Waals surface area contributed by atoms with Gasteiger partial charge in [-0.15, -0.1) is 0 Å². The number of oxazole rings is 1. The van der Waals surface area contributed by atoms with Crippen molar-refractivity contribution in [1.29, 1.82) is 0 Å². The fourth-order valence-corrected chi connectivity index (χ4v) is 3.76. The first kappa shape index (κ1) is 16.0. The van der Waals surface area contributed by atoms with Gasteiger partial charge in [-0.3, -0.25) is 9.59 Å². The molecule has 3 heterocycles. The molecule has 2 saturated heterocycles. The number of nitrogens with zero attached hydrogens (tertiary/aromatic N) is 2. The van der Waals surface area contributed by atoms with Crippen molar-refractivity contribution in [2.75, 3.05) is 0 Å². The van der Waals surface area contributed by atoms with Crippen LogP contribution in [0.25, 0.3) is 0 Å². The second-order valence-corrected chi connectivity index (χ2v) is 7.65. The summed E-state index contributed by atoms with van der Waals surface area (Å²) in [6.07, 6.45) is 4.83. The molecular weight excluding hydrogens is 296 g/mol. The van der Waals surface area contributed by atoms with Gasteiger partial charge in [0.1, 0.15) is 5.76 Å². The quantitative estimate of drug-likeness (QED) is 0.921. The maximum absolute atomic E-state index is 12.5. The molecule has 126 valence electrons. The second-order valence-electron chi connectivity index (χ2n) is 7.65. The number of carbonyl (C=O) groups is 2. The summed E-state index contributed by atoms with van der Waals surface area (Å²) in [5.74, 6) is 0.234. The number of carboxylic acid groups (broad SMARTS) is 1. The Kier molecular flexibility index (Phi) is 3.94. The minimum absolute atomic E-state index is 0.0248. The van der Waals surface area contributed by atoms with Crippen molar-refractivity contribution in [3.05, 3.63) is 17.8 Å². The maximum Gasteiger partial charge on any atom is 0.308 e. The summed E-state index contributed by atoms with van der Waals surface area (Å²) in [7, 11) is 0. The Morgan fingerprint density at radius 2 is 2.13 bits per heavy atom. The highest BCUT2D eigenvalue weighted by atomic mass is 16.4. The van der Waals surface area contributed by atoms with Gasteiger partial charge >= 0.3 is 5.97 Å². The lowest BCUT2D eigenvalue weighted by molar-refractivity contribution is -0.143. The molecule has 0 saturated carbocycles. The summed E-state index contributed by atoms with van der Waals surface area (Å²) in [6.45, 7) is 6.16. The average molecular weight is 320 g/mol. The molecule has 3 atom stereocenters. The zero-order valence-corrected chi connectivity index (χ0v) is 13.9. The summed E-state index contributed by atoms with van der Waals surface area (Å²) in [5, 5.41) is 9.26. The molecule has 0 unspecified atom stereocenters. The van der Waals surface area contributed by atoms with Crippen molar-refractivity contribution >= 4 is 11.9 Å². The van der Waals surface area contributed by atoms with Crippen molar-refractivity contribution < 1.29 is 19.1 Å². The molecule has 1 aromatic rings. The standard InChI is InChI=1S/C17H24N2O4/c1-17(2,3)13-9-18-14(23-13)6-7-15(20)19-10-4-5-12(19)11(8-10)16(21)22/h9-12H,4-8H2,1-3H3,(H,21,22)/t10-,11-,12+/m1/s1. The van der Waals surface area contributed by atoms with Gasteiger partial charge in [0.2, 0.25) is 5.91 Å². The lowest BCUT2D eigenvalue weighted by Crippen LogP contribution is -2.38. The van der Waals surface area contributed by atoms with Crippen LogP contribution >= 0.6 is 0 Å². The van der Waals surface area contributed by atoms with Crippen LogP contribution in [0, 0.1) is 5.92 Å². The number of aromatic nitrogens is 1. The number of fused-ring (bicyclic) bond motifs is 2. The molecule has 6 heteroatoms. The van der Waals surface area contributed by atoms with Gasteiger partial charge < -0.3 is 14.4 Å². The van der Waals surface area contributed by atoms with E-state index >= 15 is 0 Å². The van der Waals surface area contributed by atoms with Crippen molar-refractivity contribution in [2.24, 2.45) is 5.92 Å². The predicted molar refractivity (Wildman–Crippen MR) is 82.9 cm³/mol. The number of carboxylic acids is 1. The molecule has 2 fully saturated rings. The fraction of sp³-hybridized carbons (Fsp3) is 0.706. The Morgan fingerprint density at radius 3 is 2.70 bits per heavy atom. The number of rotatable bonds is 4. The van der Waals surface area contributed by atoms with Gasteiger partial charge in [0.25, 0.3) is 0 Å². The third-order valence-electron chi connectivity index (χ3n) is 4.99. The van der Waals surface area contributed by atoms with Gasteiger partial charge in [0, 0.05) is 30.3 Å². The fourth-order valence-electron chi connectivity index (χ4n) is 3.76. The van der Waals surface area contributed by atoms with Crippen LogP contribution in [0.3, 0.4) is 0 Å². The second kappa shape index (κ2) is 5.65. The minimum atomic E-state index is -0.780. The Labute approximate surface area is 135 Å². The molecule has 1 amide bonds. The topological polar surface area (TPSA) is 83.6 Å². The Balaban J connectivity index is 1.60. The van der Waals surface area contributed by atoms with Crippen LogP contribution < -0.4 is 0 Å². The van der Waals surface area contributed by atoms with E-state index in [1.54, 1.807) is 6.20 Å². The van der Waals surface area contributed by atoms with Gasteiger partial charge in [-0.2, -0.15) is 0 Å². The minimum Gasteiger partial charge on any atom is -0.481 e. The van der Waals surface area contributed by atoms with Crippen LogP contribution in [0.1, 0.15) is 58.1 Å². The van der Waals surface area contributed by atoms with E-state index < -0.39 is 11.9 Å². The van der Waals surface area contributed by atoms with Gasteiger partial charge in [0.15, 0.2) is 5.89 Å². The van der Waals surface area contributed by atoms with E-state index in [4.69, 9.17) is 4.42 Å². The van der Waals surface area contributed by atoms with E-state index in [0.717, 1.165) is 18.6 Å². The van der Waals surface area contributed by atoms with Crippen molar-refractivity contribution in [3.8, 4) is 0 Å². The van der Waals surface area contributed by atoms with E-state index in [2.05, 4.69) is 25.8 Å². The first-order valence-electron chi connectivity index (χ1n) is 8.26. The van der Waals surface area contributed by atoms with Crippen LogP contribution in [0.15, 0.2) is 10.6 Å². The lowest BCUT2D eigenvalue weighted by Gasteiger charge is -2.22. The van der Waals surface area contributed by atoms with Gasteiger partial charge in [-0.25, -0.2) is 4.98 Å². The summed E-state index contributed by atoms with van der Waals surface area (Å²) in [6, 6.07) is -0.0250. The number of carbonyl (C=O) groups excluding carboxylic acids is 1. The molecule has 0 radical (unpaired) electrons. The summed E-state index contributed by atoms with van der Waals surface area (Å²) in [4.78, 5) is 29.8. The van der Waals surface area contributed by atoms with E-state index in [9.17, 15) is 14.7 Å². The SMILES string of the molecule is CC(C)(C)c1cnc(CCC(=O)N2[C@@H]3CC[C@H]2[C@H](C(=O)O)C3)o1. The van der Waals surface area contributed by atoms with E-state index in [0.29, 0.717) is 25.2 Å². The van der Waals surface area contributed by atoms with Crippen molar-refractivity contribution in [3.63, 3.8) is 0 Å². The molecule has 23 heavy (non-hydrogen) atoms. The van der Waals surface area contributed by atoms with Crippen LogP contribution in [0.2, 0.25) is 0 Å². The normalized spacial score (nSPS) is 26.7. The zero-order valence-electron chi connectivity index (χ0n) is 13.9. The van der Waals surface area contributed by atoms with Crippen LogP contribution in [-0.2, 0) is 21.4 Å². The predicted octanol–water partition coefficient (Wildman–Crippen LogP) is 2.37. The summed E-state index contributed by atoms with van der Waals surface area (Å²) < 4.78 is 5.71. The maximum atomic E-state index is 12.5. The molecule has 0 aliphatic carbocycles. The Morgan fingerprint density at radius 1 is 1.39 bits per heavy atom. The van der Waals surface area contributed by atoms with E-state index in [1.807, 2.05) is 4.90 Å². The highest BCUT2D eigenvalue weighted by molar-refractivity contribution is 5.80. The van der Waals surface area contributed by atoms with Crippen LogP contribution in [-0.4, -0.2) is 39.0 Å². The molecule has 2 aliphatic rings. The molecule has 1 aromatic heterocycles. The monoisotopic (exact) mass is 320 g/mol. The zero-order chi connectivity index (χ0) is 16.8. The van der Waals surface area contributed by atoms with Crippen LogP contribution in [0.5, 0.6) is 0 Å². The number of amides is 1. The molecule has 0 spiro atoms. The largest absolute Gasteiger partial charge is 0.481 e. The van der Waals surface area contributed by atoms with E-state index in [-0.39, 0.29) is 23.4 Å². The van der Waals surface area contributed by atoms with Gasteiger partial charge in [-0.1, -0.05) is 20.8 Å². The molecule has 6 nitrogen and oxygen atoms in total. The molecule has 1 N–H and O–H groups in total. The molecule has 0 aromatic carbocycles. The number of aliphatic carboxylic acids is 1. The highest BCUT2D eigenvalue weighted by Gasteiger charge is 2.50. The molecule has 3 rings (SSSR count). The molecular formula is C17H24N2O4. The van der Waals surface area contributed by atoms with Crippen molar-refractivity contribution in [1.82, 2.24) is 9.88 Å². The highest BCUT2D eigenvalue weighted by Crippen LogP contribution is 2.42. The first-order valence-corrected chi connectivity index (χ1v) is 8.26. The summed E-state index contributed by atoms with van der Waals surface area (Å²) in [5.41, 5.74) is -0.0992. The number of hydrogen-bond acceptors (Lipinski definition) is 4. The van der Waals surface area contributed by atoms with Crippen molar-refractivity contribution in [2.45, 2.75) is 70.4 Å². The Bertz CT molecular complexity index is 616. The average Bonchev–Trinajstić information content (AvgIpc) is 3.17. The van der Waals surface area contributed by atoms with Crippen LogP contribution in [0.4, 0.5) is 0 Å². The van der Waals surface area contributed by atoms with Gasteiger partial charge in [0.05, 0.1) is 12.1 Å². The van der Waals surface area contributed by atoms with E-state index in [1.165, 1.54) is 0 Å². The summed E-state index contributed by atoms with van der Waals surface area (Å²) >= 11 is 0. The molecule has 2 aliphatic heterocycles. The third-order valence-corrected chi connectivity index (χ3v) is 4.99. The number of hydrogen-bond donors (Lipinski definition) is 1. The number of aryl methyl sites for hydroxylation is 1. The third kappa shape index (κ3) is 2.99.